The lowest BCUT2D eigenvalue weighted by atomic mass is 10.0. The number of aliphatic carboxylic acids is 1. The highest BCUT2D eigenvalue weighted by Crippen LogP contribution is 2.32. The van der Waals surface area contributed by atoms with E-state index in [9.17, 15) is 15.0 Å². The summed E-state index contributed by atoms with van der Waals surface area (Å²) in [6, 6.07) is 6.56. The predicted molar refractivity (Wildman–Crippen MR) is 65.1 cm³/mol. The number of fused-ring (bicyclic) bond motifs is 1. The normalized spacial score (nSPS) is 13.1. The molecule has 0 saturated heterocycles. The molecule has 0 unspecified atom stereocenters. The van der Waals surface area contributed by atoms with E-state index in [-0.39, 0.29) is 11.8 Å². The maximum Gasteiger partial charge on any atom is 0.327 e. The Labute approximate surface area is 99.1 Å². The Morgan fingerprint density at radius 3 is 2.47 bits per heavy atom. The zero-order valence-corrected chi connectivity index (χ0v) is 9.79. The molecule has 1 atom stereocenters. The summed E-state index contributed by atoms with van der Waals surface area (Å²) < 4.78 is 1.43. The van der Waals surface area contributed by atoms with Crippen LogP contribution < -0.4 is 0 Å². The highest BCUT2D eigenvalue weighted by Gasteiger charge is 2.26. The second-order valence-electron chi connectivity index (χ2n) is 4.47. The van der Waals surface area contributed by atoms with Crippen molar-refractivity contribution in [2.75, 3.05) is 0 Å². The van der Waals surface area contributed by atoms with Gasteiger partial charge in [0.1, 0.15) is 6.04 Å². The first-order chi connectivity index (χ1) is 8.02. The fourth-order valence-corrected chi connectivity index (χ4v) is 2.10. The number of rotatable bonds is 3. The van der Waals surface area contributed by atoms with Gasteiger partial charge in [-0.2, -0.15) is 0 Å². The molecule has 4 heteroatoms. The van der Waals surface area contributed by atoms with E-state index in [1.807, 2.05) is 32.0 Å². The molecule has 17 heavy (non-hydrogen) atoms. The summed E-state index contributed by atoms with van der Waals surface area (Å²) in [7, 11) is 0. The highest BCUT2D eigenvalue weighted by atomic mass is 16.4. The molecule has 0 fully saturated rings. The van der Waals surface area contributed by atoms with Crippen molar-refractivity contribution in [1.82, 2.24) is 4.57 Å². The van der Waals surface area contributed by atoms with Crippen LogP contribution in [-0.4, -0.2) is 20.7 Å². The van der Waals surface area contributed by atoms with Crippen LogP contribution in [0, 0.1) is 5.92 Å². The molecule has 2 aromatic rings. The molecule has 2 N–H and O–H groups in total. The van der Waals surface area contributed by atoms with Crippen molar-refractivity contribution in [1.29, 1.82) is 0 Å². The van der Waals surface area contributed by atoms with Crippen molar-refractivity contribution < 1.29 is 15.0 Å². The molecule has 0 aliphatic heterocycles. The van der Waals surface area contributed by atoms with Gasteiger partial charge < -0.3 is 14.8 Å². The standard InChI is InChI=1S/C13H15NO3/c1-8(2)11(13(16)17)14-7-9-5-3-4-6-10(9)12(14)15/h3-8,11,15H,1-2H3,(H,16,17)/t11-/m0/s1. The van der Waals surface area contributed by atoms with E-state index < -0.39 is 12.0 Å². The van der Waals surface area contributed by atoms with E-state index in [2.05, 4.69) is 0 Å². The van der Waals surface area contributed by atoms with Gasteiger partial charge >= 0.3 is 5.97 Å². The molecule has 90 valence electrons. The number of carbonyl (C=O) groups is 1. The maximum absolute atomic E-state index is 11.2. The average molecular weight is 233 g/mol. The average Bonchev–Trinajstić information content (AvgIpc) is 2.56. The van der Waals surface area contributed by atoms with E-state index in [0.29, 0.717) is 5.39 Å². The molecule has 0 aliphatic carbocycles. The maximum atomic E-state index is 11.2. The summed E-state index contributed by atoms with van der Waals surface area (Å²) in [5, 5.41) is 20.8. The van der Waals surface area contributed by atoms with Crippen LogP contribution in [0.4, 0.5) is 0 Å². The number of carboxylic acids is 1. The summed E-state index contributed by atoms with van der Waals surface area (Å²) in [4.78, 5) is 11.2. The lowest BCUT2D eigenvalue weighted by molar-refractivity contribution is -0.142. The fourth-order valence-electron chi connectivity index (χ4n) is 2.10. The van der Waals surface area contributed by atoms with E-state index in [4.69, 9.17) is 0 Å². The minimum Gasteiger partial charge on any atom is -0.494 e. The summed E-state index contributed by atoms with van der Waals surface area (Å²) in [6.45, 7) is 3.64. The van der Waals surface area contributed by atoms with E-state index >= 15 is 0 Å². The van der Waals surface area contributed by atoms with E-state index in [1.54, 1.807) is 12.3 Å². The minimum atomic E-state index is -0.935. The second kappa shape index (κ2) is 4.13. The SMILES string of the molecule is CC(C)[C@@H](C(=O)O)n1cc2ccccc2c1O. The van der Waals surface area contributed by atoms with Crippen molar-refractivity contribution in [2.45, 2.75) is 19.9 Å². The summed E-state index contributed by atoms with van der Waals surface area (Å²) >= 11 is 0. The minimum absolute atomic E-state index is 0.0155. The van der Waals surface area contributed by atoms with Gasteiger partial charge in [0.2, 0.25) is 0 Å². The molecule has 0 aliphatic rings. The lowest BCUT2D eigenvalue weighted by Gasteiger charge is -2.18. The Balaban J connectivity index is 2.61. The van der Waals surface area contributed by atoms with Crippen LogP contribution in [0.5, 0.6) is 5.88 Å². The molecule has 4 nitrogen and oxygen atoms in total. The zero-order chi connectivity index (χ0) is 12.6. The first-order valence-corrected chi connectivity index (χ1v) is 5.53. The summed E-state index contributed by atoms with van der Waals surface area (Å²) in [5.41, 5.74) is 0. The van der Waals surface area contributed by atoms with Gasteiger partial charge in [0.05, 0.1) is 0 Å². The third kappa shape index (κ3) is 1.86. The molecule has 1 aromatic heterocycles. The van der Waals surface area contributed by atoms with Crippen LogP contribution in [0.3, 0.4) is 0 Å². The number of aromatic hydroxyl groups is 1. The van der Waals surface area contributed by atoms with Gasteiger partial charge in [-0.15, -0.1) is 0 Å². The van der Waals surface area contributed by atoms with Crippen molar-refractivity contribution in [2.24, 2.45) is 5.92 Å². The molecule has 0 bridgehead atoms. The zero-order valence-electron chi connectivity index (χ0n) is 9.79. The number of carboxylic acid groups (broad SMARTS) is 1. The molecule has 1 heterocycles. The Morgan fingerprint density at radius 1 is 1.29 bits per heavy atom. The van der Waals surface area contributed by atoms with Gasteiger partial charge in [0.15, 0.2) is 5.88 Å². The molecular formula is C13H15NO3. The first-order valence-electron chi connectivity index (χ1n) is 5.53. The quantitative estimate of drug-likeness (QED) is 0.856. The summed E-state index contributed by atoms with van der Waals surface area (Å²) in [5.74, 6) is -1.02. The lowest BCUT2D eigenvalue weighted by Crippen LogP contribution is -2.23. The third-order valence-electron chi connectivity index (χ3n) is 2.91. The Hall–Kier alpha value is -1.97. The van der Waals surface area contributed by atoms with Gasteiger partial charge in [-0.3, -0.25) is 0 Å². The number of aromatic nitrogens is 1. The van der Waals surface area contributed by atoms with Crippen molar-refractivity contribution >= 4 is 16.7 Å². The van der Waals surface area contributed by atoms with Gasteiger partial charge in [0, 0.05) is 17.0 Å². The topological polar surface area (TPSA) is 62.5 Å². The number of nitrogens with zero attached hydrogens (tertiary/aromatic N) is 1. The fraction of sp³-hybridized carbons (Fsp3) is 0.308. The van der Waals surface area contributed by atoms with Gasteiger partial charge in [0.25, 0.3) is 0 Å². The molecule has 0 amide bonds. The van der Waals surface area contributed by atoms with Crippen LogP contribution >= 0.6 is 0 Å². The van der Waals surface area contributed by atoms with E-state index in [0.717, 1.165) is 5.39 Å². The first kappa shape index (κ1) is 11.5. The van der Waals surface area contributed by atoms with Crippen LogP contribution in [0.1, 0.15) is 19.9 Å². The predicted octanol–water partition coefficient (Wildman–Crippen LogP) is 2.63. The van der Waals surface area contributed by atoms with Crippen molar-refractivity contribution in [3.8, 4) is 5.88 Å². The molecule has 0 spiro atoms. The van der Waals surface area contributed by atoms with Crippen LogP contribution in [0.25, 0.3) is 10.8 Å². The van der Waals surface area contributed by atoms with Crippen LogP contribution in [0.2, 0.25) is 0 Å². The number of benzene rings is 1. The Kier molecular flexibility index (Phi) is 2.79. The molecular weight excluding hydrogens is 218 g/mol. The molecule has 0 saturated carbocycles. The third-order valence-corrected chi connectivity index (χ3v) is 2.91. The highest BCUT2D eigenvalue weighted by molar-refractivity contribution is 5.88. The van der Waals surface area contributed by atoms with Crippen LogP contribution in [0.15, 0.2) is 30.5 Å². The monoisotopic (exact) mass is 233 g/mol. The smallest absolute Gasteiger partial charge is 0.327 e. The van der Waals surface area contributed by atoms with Gasteiger partial charge in [-0.1, -0.05) is 32.0 Å². The number of hydrogen-bond acceptors (Lipinski definition) is 2. The second-order valence-corrected chi connectivity index (χ2v) is 4.47. The molecule has 1 aromatic carbocycles. The van der Waals surface area contributed by atoms with Crippen molar-refractivity contribution in [3.63, 3.8) is 0 Å². The van der Waals surface area contributed by atoms with Gasteiger partial charge in [-0.25, -0.2) is 4.79 Å². The molecule has 2 rings (SSSR count). The molecule has 0 radical (unpaired) electrons. The Morgan fingerprint density at radius 2 is 1.94 bits per heavy atom. The van der Waals surface area contributed by atoms with Crippen LogP contribution in [-0.2, 0) is 4.79 Å². The van der Waals surface area contributed by atoms with E-state index in [1.165, 1.54) is 4.57 Å². The Bertz CT molecular complexity index is 557. The van der Waals surface area contributed by atoms with Gasteiger partial charge in [-0.05, 0) is 12.0 Å². The van der Waals surface area contributed by atoms with Crippen molar-refractivity contribution in [3.05, 3.63) is 30.5 Å². The largest absolute Gasteiger partial charge is 0.494 e. The summed E-state index contributed by atoms with van der Waals surface area (Å²) in [6.07, 6.45) is 1.68. The number of hydrogen-bond donors (Lipinski definition) is 2.